The zero-order valence-corrected chi connectivity index (χ0v) is 6.73. The van der Waals surface area contributed by atoms with Crippen LogP contribution in [0.1, 0.15) is 19.3 Å². The Morgan fingerprint density at radius 2 is 2.36 bits per heavy atom. The highest BCUT2D eigenvalue weighted by molar-refractivity contribution is 6.23. The molecule has 1 rings (SSSR count). The molecule has 3 nitrogen and oxygen atoms in total. The second-order valence-electron chi connectivity index (χ2n) is 2.80. The summed E-state index contributed by atoms with van der Waals surface area (Å²) in [5.74, 6) is -1.39. The third kappa shape index (κ3) is 1.13. The van der Waals surface area contributed by atoms with Crippen LogP contribution in [0.5, 0.6) is 0 Å². The van der Waals surface area contributed by atoms with Crippen LogP contribution >= 0.6 is 11.6 Å². The van der Waals surface area contributed by atoms with Crippen molar-refractivity contribution in [1.82, 2.24) is 0 Å². The van der Waals surface area contributed by atoms with E-state index >= 15 is 0 Å². The molecule has 1 saturated carbocycles. The second kappa shape index (κ2) is 2.81. The van der Waals surface area contributed by atoms with Crippen molar-refractivity contribution >= 4 is 23.4 Å². The van der Waals surface area contributed by atoms with E-state index in [4.69, 9.17) is 16.7 Å². The van der Waals surface area contributed by atoms with Crippen molar-refractivity contribution in [1.29, 1.82) is 0 Å². The van der Waals surface area contributed by atoms with Gasteiger partial charge in [0, 0.05) is 12.3 Å². The maximum absolute atomic E-state index is 11.1. The minimum Gasteiger partial charge on any atom is -0.480 e. The van der Waals surface area contributed by atoms with E-state index in [9.17, 15) is 9.59 Å². The minimum atomic E-state index is -1.26. The predicted molar refractivity (Wildman–Crippen MR) is 39.6 cm³/mol. The van der Waals surface area contributed by atoms with E-state index in [2.05, 4.69) is 0 Å². The summed E-state index contributed by atoms with van der Waals surface area (Å²) in [6.45, 7) is 0. The molecule has 1 N–H and O–H groups in total. The van der Waals surface area contributed by atoms with Crippen molar-refractivity contribution in [3.8, 4) is 0 Å². The Hall–Kier alpha value is -0.570. The normalized spacial score (nSPS) is 30.8. The van der Waals surface area contributed by atoms with Gasteiger partial charge in [-0.05, 0) is 12.8 Å². The van der Waals surface area contributed by atoms with Crippen molar-refractivity contribution < 1.29 is 14.7 Å². The van der Waals surface area contributed by atoms with Gasteiger partial charge in [0.2, 0.25) is 0 Å². The van der Waals surface area contributed by atoms with Gasteiger partial charge in [-0.1, -0.05) is 0 Å². The molecular weight excluding hydrogens is 168 g/mol. The maximum atomic E-state index is 11.1. The fourth-order valence-electron chi connectivity index (χ4n) is 1.35. The van der Waals surface area contributed by atoms with Crippen molar-refractivity contribution in [3.63, 3.8) is 0 Å². The standard InChI is InChI=1S/C7H9ClO3/c8-4-7(6(10)11)3-1-2-5(7)9/h1-4H2,(H,10,11). The van der Waals surface area contributed by atoms with Gasteiger partial charge in [0.25, 0.3) is 0 Å². The molecule has 62 valence electrons. The van der Waals surface area contributed by atoms with Crippen LogP contribution in [0, 0.1) is 5.41 Å². The number of hydrogen-bond donors (Lipinski definition) is 1. The Morgan fingerprint density at radius 3 is 2.55 bits per heavy atom. The third-order valence-electron chi connectivity index (χ3n) is 2.18. The molecule has 0 saturated heterocycles. The van der Waals surface area contributed by atoms with E-state index in [-0.39, 0.29) is 11.7 Å². The van der Waals surface area contributed by atoms with Gasteiger partial charge < -0.3 is 5.11 Å². The van der Waals surface area contributed by atoms with Gasteiger partial charge in [-0.3, -0.25) is 9.59 Å². The molecule has 0 bridgehead atoms. The van der Waals surface area contributed by atoms with Gasteiger partial charge in [0.1, 0.15) is 5.41 Å². The number of ketones is 1. The number of aliphatic carboxylic acids is 1. The van der Waals surface area contributed by atoms with Gasteiger partial charge >= 0.3 is 5.97 Å². The Labute approximate surface area is 69.3 Å². The molecular formula is C7H9ClO3. The lowest BCUT2D eigenvalue weighted by Gasteiger charge is -2.17. The van der Waals surface area contributed by atoms with E-state index in [0.29, 0.717) is 19.3 Å². The lowest BCUT2D eigenvalue weighted by atomic mass is 9.88. The van der Waals surface area contributed by atoms with Crippen molar-refractivity contribution in [2.75, 3.05) is 5.88 Å². The van der Waals surface area contributed by atoms with Gasteiger partial charge in [-0.15, -0.1) is 11.6 Å². The molecule has 0 aromatic heterocycles. The molecule has 0 aliphatic heterocycles. The molecule has 11 heavy (non-hydrogen) atoms. The van der Waals surface area contributed by atoms with E-state index in [0.717, 1.165) is 0 Å². The van der Waals surface area contributed by atoms with Crippen LogP contribution in [0.3, 0.4) is 0 Å². The number of rotatable bonds is 2. The molecule has 1 aliphatic rings. The smallest absolute Gasteiger partial charge is 0.318 e. The van der Waals surface area contributed by atoms with Crippen LogP contribution in [-0.4, -0.2) is 22.7 Å². The summed E-state index contributed by atoms with van der Waals surface area (Å²) in [7, 11) is 0. The summed E-state index contributed by atoms with van der Waals surface area (Å²) in [5, 5.41) is 8.73. The highest BCUT2D eigenvalue weighted by Gasteiger charge is 2.48. The molecule has 0 heterocycles. The topological polar surface area (TPSA) is 54.4 Å². The summed E-state index contributed by atoms with van der Waals surface area (Å²) >= 11 is 5.45. The lowest BCUT2D eigenvalue weighted by Crippen LogP contribution is -2.36. The van der Waals surface area contributed by atoms with Gasteiger partial charge in [0.05, 0.1) is 0 Å². The zero-order chi connectivity index (χ0) is 8.48. The summed E-state index contributed by atoms with van der Waals surface area (Å²) in [4.78, 5) is 21.8. The van der Waals surface area contributed by atoms with Gasteiger partial charge in [-0.2, -0.15) is 0 Å². The molecule has 0 aromatic rings. The number of alkyl halides is 1. The molecule has 4 heteroatoms. The second-order valence-corrected chi connectivity index (χ2v) is 3.06. The molecule has 1 atom stereocenters. The van der Waals surface area contributed by atoms with Crippen LogP contribution in [0.15, 0.2) is 0 Å². The molecule has 0 radical (unpaired) electrons. The fourth-order valence-corrected chi connectivity index (χ4v) is 1.75. The van der Waals surface area contributed by atoms with Crippen LogP contribution in [-0.2, 0) is 9.59 Å². The molecule has 0 spiro atoms. The van der Waals surface area contributed by atoms with E-state index in [1.54, 1.807) is 0 Å². The van der Waals surface area contributed by atoms with Crippen LogP contribution < -0.4 is 0 Å². The van der Waals surface area contributed by atoms with Crippen molar-refractivity contribution in [2.45, 2.75) is 19.3 Å². The molecule has 0 aromatic carbocycles. The number of hydrogen-bond acceptors (Lipinski definition) is 2. The number of carbonyl (C=O) groups is 2. The first kappa shape index (κ1) is 8.53. The first-order valence-electron chi connectivity index (χ1n) is 3.46. The molecule has 1 unspecified atom stereocenters. The van der Waals surface area contributed by atoms with Crippen molar-refractivity contribution in [2.24, 2.45) is 5.41 Å². The monoisotopic (exact) mass is 176 g/mol. The van der Waals surface area contributed by atoms with Gasteiger partial charge in [-0.25, -0.2) is 0 Å². The fraction of sp³-hybridized carbons (Fsp3) is 0.714. The maximum Gasteiger partial charge on any atom is 0.318 e. The average Bonchev–Trinajstić information content (AvgIpc) is 2.32. The summed E-state index contributed by atoms with van der Waals surface area (Å²) in [6.07, 6.45) is 1.40. The Morgan fingerprint density at radius 1 is 1.73 bits per heavy atom. The van der Waals surface area contributed by atoms with E-state index < -0.39 is 11.4 Å². The highest BCUT2D eigenvalue weighted by atomic mass is 35.5. The van der Waals surface area contributed by atoms with E-state index in [1.165, 1.54) is 0 Å². The summed E-state index contributed by atoms with van der Waals surface area (Å²) in [6, 6.07) is 0. The number of carbonyl (C=O) groups excluding carboxylic acids is 1. The first-order valence-corrected chi connectivity index (χ1v) is 3.99. The molecule has 0 amide bonds. The highest BCUT2D eigenvalue weighted by Crippen LogP contribution is 2.36. The van der Waals surface area contributed by atoms with Crippen molar-refractivity contribution in [3.05, 3.63) is 0 Å². The first-order chi connectivity index (χ1) is 5.13. The Kier molecular flexibility index (Phi) is 2.18. The van der Waals surface area contributed by atoms with E-state index in [1.807, 2.05) is 0 Å². The SMILES string of the molecule is O=C(O)C1(CCl)CCCC1=O. The quantitative estimate of drug-likeness (QED) is 0.506. The molecule has 1 aliphatic carbocycles. The number of halogens is 1. The summed E-state index contributed by atoms with van der Waals surface area (Å²) < 4.78 is 0. The zero-order valence-electron chi connectivity index (χ0n) is 5.97. The van der Waals surface area contributed by atoms with Crippen LogP contribution in [0.4, 0.5) is 0 Å². The lowest BCUT2D eigenvalue weighted by molar-refractivity contribution is -0.151. The third-order valence-corrected chi connectivity index (χ3v) is 2.63. The number of carboxylic acids is 1. The average molecular weight is 177 g/mol. The van der Waals surface area contributed by atoms with Crippen LogP contribution in [0.25, 0.3) is 0 Å². The molecule has 1 fully saturated rings. The van der Waals surface area contributed by atoms with Gasteiger partial charge in [0.15, 0.2) is 5.78 Å². The Bertz CT molecular complexity index is 202. The van der Waals surface area contributed by atoms with Crippen LogP contribution in [0.2, 0.25) is 0 Å². The minimum absolute atomic E-state index is 0.0961. The Balaban J connectivity index is 2.91. The predicted octanol–water partition coefficient (Wildman–Crippen LogP) is 1.05. The number of carboxylic acid groups (broad SMARTS) is 1. The number of Topliss-reactive ketones (excluding diaryl/α,β-unsaturated/α-hetero) is 1. The largest absolute Gasteiger partial charge is 0.480 e. The summed E-state index contributed by atoms with van der Waals surface area (Å²) in [5.41, 5.74) is -1.26.